The molecule has 0 aromatic rings. The van der Waals surface area contributed by atoms with Crippen molar-refractivity contribution in [3.05, 3.63) is 0 Å². The van der Waals surface area contributed by atoms with Gasteiger partial charge in [-0.25, -0.2) is 0 Å². The number of hydrogen-bond acceptors (Lipinski definition) is 3. The van der Waals surface area contributed by atoms with Gasteiger partial charge in [-0.1, -0.05) is 0 Å². The lowest BCUT2D eigenvalue weighted by Crippen LogP contribution is -2.51. The van der Waals surface area contributed by atoms with Crippen molar-refractivity contribution in [2.45, 2.75) is 18.9 Å². The summed E-state index contributed by atoms with van der Waals surface area (Å²) in [4.78, 5) is 13.8. The van der Waals surface area contributed by atoms with Crippen LogP contribution in [0.3, 0.4) is 0 Å². The maximum absolute atomic E-state index is 11.4. The molecule has 1 aliphatic carbocycles. The van der Waals surface area contributed by atoms with Crippen molar-refractivity contribution in [2.24, 2.45) is 5.92 Å². The van der Waals surface area contributed by atoms with Gasteiger partial charge < -0.3 is 15.5 Å². The maximum atomic E-state index is 11.4. The molecule has 2 rings (SSSR count). The van der Waals surface area contributed by atoms with Crippen LogP contribution in [-0.2, 0) is 4.79 Å². The standard InChI is InChI=1S/C10H19N3O/c1-13(9-2-3-9)5-4-12-10(14)8-6-11-7-8/h8-9,11H,2-7H2,1H3,(H,12,14). The Hall–Kier alpha value is -0.610. The number of nitrogens with zero attached hydrogens (tertiary/aromatic N) is 1. The molecule has 1 saturated heterocycles. The Morgan fingerprint density at radius 1 is 1.50 bits per heavy atom. The zero-order chi connectivity index (χ0) is 9.97. The van der Waals surface area contributed by atoms with Gasteiger partial charge in [0.1, 0.15) is 0 Å². The first-order chi connectivity index (χ1) is 6.77. The molecule has 0 aromatic carbocycles. The predicted molar refractivity (Wildman–Crippen MR) is 55.0 cm³/mol. The second kappa shape index (κ2) is 4.28. The topological polar surface area (TPSA) is 44.4 Å². The summed E-state index contributed by atoms with van der Waals surface area (Å²) < 4.78 is 0. The summed E-state index contributed by atoms with van der Waals surface area (Å²) in [6.07, 6.45) is 2.66. The highest BCUT2D eigenvalue weighted by atomic mass is 16.2. The van der Waals surface area contributed by atoms with E-state index in [4.69, 9.17) is 0 Å². The van der Waals surface area contributed by atoms with Gasteiger partial charge in [-0.15, -0.1) is 0 Å². The van der Waals surface area contributed by atoms with E-state index in [1.54, 1.807) is 0 Å². The number of likely N-dealkylation sites (N-methyl/N-ethyl adjacent to an activating group) is 1. The number of nitrogens with one attached hydrogen (secondary N) is 2. The van der Waals surface area contributed by atoms with E-state index in [-0.39, 0.29) is 11.8 Å². The Labute approximate surface area is 85.0 Å². The van der Waals surface area contributed by atoms with Crippen molar-refractivity contribution in [2.75, 3.05) is 33.2 Å². The van der Waals surface area contributed by atoms with E-state index in [0.717, 1.165) is 32.2 Å². The first-order valence-corrected chi connectivity index (χ1v) is 5.46. The molecule has 0 atom stereocenters. The summed E-state index contributed by atoms with van der Waals surface area (Å²) in [6.45, 7) is 3.48. The monoisotopic (exact) mass is 197 g/mol. The highest BCUT2D eigenvalue weighted by Crippen LogP contribution is 2.24. The molecule has 1 aliphatic heterocycles. The van der Waals surface area contributed by atoms with Crippen LogP contribution < -0.4 is 10.6 Å². The highest BCUT2D eigenvalue weighted by molar-refractivity contribution is 5.79. The number of rotatable bonds is 5. The summed E-state index contributed by atoms with van der Waals surface area (Å²) in [5.41, 5.74) is 0. The van der Waals surface area contributed by atoms with Gasteiger partial charge in [0, 0.05) is 32.2 Å². The highest BCUT2D eigenvalue weighted by Gasteiger charge is 2.27. The minimum absolute atomic E-state index is 0.216. The Balaban J connectivity index is 1.54. The number of carbonyl (C=O) groups is 1. The minimum atomic E-state index is 0.216. The third-order valence-electron chi connectivity index (χ3n) is 3.09. The van der Waals surface area contributed by atoms with E-state index >= 15 is 0 Å². The Kier molecular flexibility index (Phi) is 3.03. The molecular weight excluding hydrogens is 178 g/mol. The molecule has 4 nitrogen and oxygen atoms in total. The largest absolute Gasteiger partial charge is 0.354 e. The van der Waals surface area contributed by atoms with Crippen molar-refractivity contribution >= 4 is 5.91 Å². The fraction of sp³-hybridized carbons (Fsp3) is 0.900. The van der Waals surface area contributed by atoms with Gasteiger partial charge >= 0.3 is 0 Å². The molecule has 2 fully saturated rings. The normalized spacial score (nSPS) is 22.1. The number of amides is 1. The van der Waals surface area contributed by atoms with Gasteiger partial charge in [0.2, 0.25) is 5.91 Å². The summed E-state index contributed by atoms with van der Waals surface area (Å²) in [5, 5.41) is 6.08. The molecule has 14 heavy (non-hydrogen) atoms. The van der Waals surface area contributed by atoms with Crippen LogP contribution >= 0.6 is 0 Å². The van der Waals surface area contributed by atoms with E-state index in [1.807, 2.05) is 0 Å². The van der Waals surface area contributed by atoms with Gasteiger partial charge in [-0.3, -0.25) is 4.79 Å². The molecular formula is C10H19N3O. The lowest BCUT2D eigenvalue weighted by Gasteiger charge is -2.26. The number of hydrogen-bond donors (Lipinski definition) is 2. The third-order valence-corrected chi connectivity index (χ3v) is 3.09. The van der Waals surface area contributed by atoms with Crippen molar-refractivity contribution < 1.29 is 4.79 Å². The molecule has 2 aliphatic rings. The summed E-state index contributed by atoms with van der Waals surface area (Å²) in [6, 6.07) is 0.789. The van der Waals surface area contributed by atoms with Crippen LogP contribution in [0, 0.1) is 5.92 Å². The first-order valence-electron chi connectivity index (χ1n) is 5.46. The summed E-state index contributed by atoms with van der Waals surface area (Å²) in [5.74, 6) is 0.439. The van der Waals surface area contributed by atoms with E-state index in [9.17, 15) is 4.79 Å². The second-order valence-electron chi connectivity index (χ2n) is 4.36. The quantitative estimate of drug-likeness (QED) is 0.619. The van der Waals surface area contributed by atoms with Crippen LogP contribution in [0.15, 0.2) is 0 Å². The molecule has 0 bridgehead atoms. The van der Waals surface area contributed by atoms with Crippen LogP contribution in [0.1, 0.15) is 12.8 Å². The van der Waals surface area contributed by atoms with Crippen LogP contribution in [-0.4, -0.2) is 50.1 Å². The van der Waals surface area contributed by atoms with E-state index in [0.29, 0.717) is 0 Å². The van der Waals surface area contributed by atoms with Gasteiger partial charge in [0.15, 0.2) is 0 Å². The molecule has 4 heteroatoms. The fourth-order valence-electron chi connectivity index (χ4n) is 1.67. The lowest BCUT2D eigenvalue weighted by molar-refractivity contribution is -0.126. The molecule has 2 N–H and O–H groups in total. The lowest BCUT2D eigenvalue weighted by atomic mass is 10.0. The molecule has 0 radical (unpaired) electrons. The van der Waals surface area contributed by atoms with Crippen molar-refractivity contribution in [3.8, 4) is 0 Å². The number of carbonyl (C=O) groups excluding carboxylic acids is 1. The van der Waals surface area contributed by atoms with Crippen LogP contribution in [0.5, 0.6) is 0 Å². The third kappa shape index (κ3) is 2.45. The zero-order valence-corrected chi connectivity index (χ0v) is 8.75. The summed E-state index contributed by atoms with van der Waals surface area (Å²) >= 11 is 0. The van der Waals surface area contributed by atoms with Crippen molar-refractivity contribution in [1.82, 2.24) is 15.5 Å². The van der Waals surface area contributed by atoms with Gasteiger partial charge in [-0.05, 0) is 19.9 Å². The zero-order valence-electron chi connectivity index (χ0n) is 8.75. The predicted octanol–water partition coefficient (Wildman–Crippen LogP) is -0.584. The SMILES string of the molecule is CN(CCNC(=O)C1CNC1)C1CC1. The fourth-order valence-corrected chi connectivity index (χ4v) is 1.67. The summed E-state index contributed by atoms with van der Waals surface area (Å²) in [7, 11) is 2.13. The Bertz CT molecular complexity index is 211. The van der Waals surface area contributed by atoms with Gasteiger partial charge in [0.05, 0.1) is 5.92 Å². The molecule has 80 valence electrons. The molecule has 1 saturated carbocycles. The van der Waals surface area contributed by atoms with E-state index in [2.05, 4.69) is 22.6 Å². The molecule has 0 spiro atoms. The van der Waals surface area contributed by atoms with Crippen molar-refractivity contribution in [3.63, 3.8) is 0 Å². The van der Waals surface area contributed by atoms with E-state index in [1.165, 1.54) is 12.8 Å². The molecule has 0 unspecified atom stereocenters. The Morgan fingerprint density at radius 2 is 2.21 bits per heavy atom. The average Bonchev–Trinajstić information content (AvgIpc) is 2.82. The van der Waals surface area contributed by atoms with Gasteiger partial charge in [-0.2, -0.15) is 0 Å². The second-order valence-corrected chi connectivity index (χ2v) is 4.36. The van der Waals surface area contributed by atoms with Gasteiger partial charge in [0.25, 0.3) is 0 Å². The smallest absolute Gasteiger partial charge is 0.225 e. The molecule has 1 heterocycles. The first kappa shape index (κ1) is 9.93. The molecule has 1 amide bonds. The van der Waals surface area contributed by atoms with E-state index < -0.39 is 0 Å². The van der Waals surface area contributed by atoms with Crippen LogP contribution in [0.4, 0.5) is 0 Å². The molecule has 0 aromatic heterocycles. The maximum Gasteiger partial charge on any atom is 0.225 e. The van der Waals surface area contributed by atoms with Crippen molar-refractivity contribution in [1.29, 1.82) is 0 Å². The average molecular weight is 197 g/mol. The van der Waals surface area contributed by atoms with Crippen LogP contribution in [0.2, 0.25) is 0 Å². The Morgan fingerprint density at radius 3 is 2.71 bits per heavy atom. The van der Waals surface area contributed by atoms with Crippen LogP contribution in [0.25, 0.3) is 0 Å². The minimum Gasteiger partial charge on any atom is -0.354 e.